The number of benzene rings is 12. The van der Waals surface area contributed by atoms with Crippen LogP contribution in [0.1, 0.15) is 233 Å². The Kier molecular flexibility index (Phi) is 19.4. The number of aromatic nitrogens is 8. The molecular formula is C124H122N8. The molecule has 0 saturated carbocycles. The summed E-state index contributed by atoms with van der Waals surface area (Å²) in [6.45, 7) is 55.5. The molecule has 2 N–H and O–H groups in total. The van der Waals surface area contributed by atoms with Crippen molar-refractivity contribution in [1.82, 2.24) is 38.2 Å². The lowest BCUT2D eigenvalue weighted by molar-refractivity contribution is 0.590. The Labute approximate surface area is 777 Å². The number of H-pyrrole nitrogens is 2. The fourth-order valence-corrected chi connectivity index (χ4v) is 20.5. The molecule has 8 heteroatoms. The summed E-state index contributed by atoms with van der Waals surface area (Å²) < 4.78 is 9.84. The molecule has 0 radical (unpaired) electrons. The van der Waals surface area contributed by atoms with Gasteiger partial charge in [-0.3, -0.25) is 0 Å². The molecule has 8 bridgehead atoms. The maximum Gasteiger partial charge on any atom is 0.0737 e. The Hall–Kier alpha value is -13.6. The maximum atomic E-state index is 5.97. The van der Waals surface area contributed by atoms with Gasteiger partial charge in [-0.1, -0.05) is 263 Å². The van der Waals surface area contributed by atoms with Crippen molar-refractivity contribution in [2.45, 2.75) is 209 Å². The van der Waals surface area contributed by atoms with Crippen molar-refractivity contribution in [2.75, 3.05) is 0 Å². The third-order valence-corrected chi connectivity index (χ3v) is 28.4. The van der Waals surface area contributed by atoms with Gasteiger partial charge < -0.3 is 28.2 Å². The number of nitrogens with zero attached hydrogens (tertiary/aromatic N) is 6. The first-order chi connectivity index (χ1) is 62.4. The number of hydrogen-bond acceptors (Lipinski definition) is 2. The van der Waals surface area contributed by atoms with Crippen molar-refractivity contribution >= 4 is 134 Å². The van der Waals surface area contributed by atoms with Crippen molar-refractivity contribution in [1.29, 1.82) is 0 Å². The second-order valence-corrected chi connectivity index (χ2v) is 45.9. The van der Waals surface area contributed by atoms with Crippen molar-refractivity contribution < 1.29 is 0 Å². The van der Waals surface area contributed by atoms with Crippen LogP contribution in [-0.2, 0) is 43.3 Å². The van der Waals surface area contributed by atoms with Gasteiger partial charge in [-0.05, 0) is 304 Å². The van der Waals surface area contributed by atoms with E-state index in [2.05, 4.69) is 486 Å². The summed E-state index contributed by atoms with van der Waals surface area (Å²) in [6.07, 6.45) is 8.93. The molecule has 2 aliphatic rings. The monoisotopic (exact) mass is 1720 g/mol. The van der Waals surface area contributed by atoms with E-state index in [-0.39, 0.29) is 43.3 Å². The van der Waals surface area contributed by atoms with E-state index in [1.807, 2.05) is 0 Å². The van der Waals surface area contributed by atoms with Gasteiger partial charge in [0.25, 0.3) is 0 Å². The van der Waals surface area contributed by atoms with Gasteiger partial charge in [-0.15, -0.1) is 0 Å². The zero-order chi connectivity index (χ0) is 92.5. The number of nitrogens with one attached hydrogen (secondary N) is 2. The molecule has 0 fully saturated rings. The topological polar surface area (TPSA) is 77.1 Å². The number of hydrogen-bond donors (Lipinski definition) is 2. The van der Waals surface area contributed by atoms with Gasteiger partial charge in [0.05, 0.1) is 66.9 Å². The van der Waals surface area contributed by atoms with E-state index in [0.29, 0.717) is 0 Å². The van der Waals surface area contributed by atoms with Gasteiger partial charge in [0.1, 0.15) is 0 Å². The lowest BCUT2D eigenvalue weighted by atomic mass is 9.85. The SMILES string of the molecule is CC(C)(C)c1ccc2c(c1)c1cc(C(C)(C)C)ccc1n2-c1ccc(-c2c3nc(c(-c4ccc(-n5c6ccc(C(C)(C)C)cc6c6cc(C(C)(C)C)ccc65)cc4)c4ccc([nH]4)c(-c4ccc(-n5c6ccc(C(C)(C)C)cc6c6cc(C(C)(C)C)ccc65)cc4)c4nc(c(-c5ccc(-n6c7ccc(C(C)(C)C)cc7c7cc(C(C)(C)C)ccc76)cc5)c5ccc2[nH]5)C=C4)C=C3)cc1. The van der Waals surface area contributed by atoms with Crippen LogP contribution in [0, 0.1) is 0 Å². The zero-order valence-corrected chi connectivity index (χ0v) is 81.4. The zero-order valence-electron chi connectivity index (χ0n) is 81.4. The first-order valence-corrected chi connectivity index (χ1v) is 47.4. The molecule has 8 nitrogen and oxygen atoms in total. The Morgan fingerprint density at radius 1 is 0.174 bits per heavy atom. The van der Waals surface area contributed by atoms with Gasteiger partial charge in [-0.2, -0.15) is 0 Å². The van der Waals surface area contributed by atoms with Crippen LogP contribution in [0.3, 0.4) is 0 Å². The minimum absolute atomic E-state index is 0.0339. The second kappa shape index (κ2) is 30.0. The quantitative estimate of drug-likeness (QED) is 0.159. The second-order valence-electron chi connectivity index (χ2n) is 45.9. The first kappa shape index (κ1) is 85.2. The fourth-order valence-electron chi connectivity index (χ4n) is 20.5. The number of rotatable bonds is 8. The van der Waals surface area contributed by atoms with Crippen LogP contribution in [0.2, 0.25) is 0 Å². The van der Waals surface area contributed by atoms with Crippen LogP contribution < -0.4 is 0 Å². The highest BCUT2D eigenvalue weighted by atomic mass is 15.0. The molecule has 658 valence electrons. The molecule has 2 aliphatic heterocycles. The molecule has 7 aromatic heterocycles. The van der Waals surface area contributed by atoms with Crippen LogP contribution in [-0.4, -0.2) is 38.2 Å². The molecule has 0 amide bonds. The van der Waals surface area contributed by atoms with Crippen LogP contribution in [0.4, 0.5) is 0 Å². The summed E-state index contributed by atoms with van der Waals surface area (Å²) in [5.74, 6) is 0. The molecule has 9 heterocycles. The molecule has 0 atom stereocenters. The molecule has 12 aromatic carbocycles. The smallest absolute Gasteiger partial charge is 0.0737 e. The molecule has 0 spiro atoms. The largest absolute Gasteiger partial charge is 0.354 e. The predicted molar refractivity (Wildman–Crippen MR) is 568 cm³/mol. The van der Waals surface area contributed by atoms with Gasteiger partial charge in [0.15, 0.2) is 0 Å². The summed E-state index contributed by atoms with van der Waals surface area (Å²) in [4.78, 5) is 20.3. The van der Waals surface area contributed by atoms with Crippen molar-refractivity contribution in [3.8, 4) is 67.3 Å². The van der Waals surface area contributed by atoms with Gasteiger partial charge in [-0.25, -0.2) is 9.97 Å². The van der Waals surface area contributed by atoms with Crippen LogP contribution in [0.15, 0.2) is 267 Å². The highest BCUT2D eigenvalue weighted by Crippen LogP contribution is 2.48. The average Bonchev–Trinajstić information content (AvgIpc) is 1.59. The minimum Gasteiger partial charge on any atom is -0.354 e. The number of fused-ring (bicyclic) bond motifs is 20. The summed E-state index contributed by atoms with van der Waals surface area (Å²) in [5, 5.41) is 10.1. The molecular weight excluding hydrogens is 1600 g/mol. The van der Waals surface area contributed by atoms with Crippen LogP contribution in [0.25, 0.3) is 201 Å². The summed E-state index contributed by atoms with van der Waals surface area (Å²) in [6, 6.07) is 103. The lowest BCUT2D eigenvalue weighted by Gasteiger charge is -2.19. The van der Waals surface area contributed by atoms with E-state index in [4.69, 9.17) is 9.97 Å². The molecule has 0 unspecified atom stereocenters. The van der Waals surface area contributed by atoms with Gasteiger partial charge >= 0.3 is 0 Å². The summed E-state index contributed by atoms with van der Waals surface area (Å²) in [7, 11) is 0. The molecule has 0 saturated heterocycles. The summed E-state index contributed by atoms with van der Waals surface area (Å²) >= 11 is 0. The third-order valence-electron chi connectivity index (χ3n) is 28.4. The van der Waals surface area contributed by atoms with Crippen molar-refractivity contribution in [3.05, 3.63) is 334 Å². The Morgan fingerprint density at radius 3 is 0.455 bits per heavy atom. The van der Waals surface area contributed by atoms with Gasteiger partial charge in [0, 0.05) is 110 Å². The molecule has 0 aliphatic carbocycles. The first-order valence-electron chi connectivity index (χ1n) is 47.4. The normalized spacial score (nSPS) is 13.4. The molecule has 132 heavy (non-hydrogen) atoms. The molecule has 21 rings (SSSR count). The summed E-state index contributed by atoms with van der Waals surface area (Å²) in [5.41, 5.74) is 39.0. The predicted octanol–water partition coefficient (Wildman–Crippen LogP) is 34.1. The highest BCUT2D eigenvalue weighted by molar-refractivity contribution is 6.14. The van der Waals surface area contributed by atoms with E-state index >= 15 is 0 Å². The van der Waals surface area contributed by atoms with Crippen LogP contribution in [0.5, 0.6) is 0 Å². The highest BCUT2D eigenvalue weighted by Gasteiger charge is 2.30. The average molecular weight is 1720 g/mol. The van der Waals surface area contributed by atoms with E-state index in [0.717, 1.165) is 112 Å². The molecule has 19 aromatic rings. The standard InChI is InChI=1S/C124H122N8/c1-117(2,3)77-33-57-105-89(65-77)90-66-78(118(4,5)6)34-58-106(90)129(105)85-41-25-73(26-42-85)113-97-49-51-99(125-97)114(74-27-43-86(44-28-74)130-107-59-35-79(119(7,8)9)67-91(107)92-68-80(120(10,11)12)36-60-108(92)130)101-53-55-103(127-101)116(76-31-47-88(48-32-76)132-111-63-39-83(123(19,20)21)71-95(111)96-72-84(124(22,23)24)40-64-112(96)132)104-56-54-102(128-104)115(100-52-50-98(113)126-100)75-29-45-87(46-30-75)131-109-61-37-81(121(13,14)15)69-93(109)94-70-82(122(16,17)18)38-62-110(94)131/h25-72,125,128H,1-24H3. The van der Waals surface area contributed by atoms with E-state index < -0.39 is 0 Å². The van der Waals surface area contributed by atoms with E-state index in [1.165, 1.54) is 132 Å². The van der Waals surface area contributed by atoms with Crippen LogP contribution >= 0.6 is 0 Å². The Balaban J connectivity index is 0.808. The third kappa shape index (κ3) is 14.6. The van der Waals surface area contributed by atoms with Crippen molar-refractivity contribution in [3.63, 3.8) is 0 Å². The Bertz CT molecular complexity index is 7000. The van der Waals surface area contributed by atoms with E-state index in [9.17, 15) is 0 Å². The van der Waals surface area contributed by atoms with Gasteiger partial charge in [0.2, 0.25) is 0 Å². The minimum atomic E-state index is -0.0339. The lowest BCUT2D eigenvalue weighted by Crippen LogP contribution is -2.10. The van der Waals surface area contributed by atoms with E-state index in [1.54, 1.807) is 0 Å². The maximum absolute atomic E-state index is 5.97. The Morgan fingerprint density at radius 2 is 0.318 bits per heavy atom. The fraction of sp³-hybridized carbons (Fsp3) is 0.258. The number of aromatic amines is 2. The van der Waals surface area contributed by atoms with Crippen molar-refractivity contribution in [2.24, 2.45) is 0 Å².